The van der Waals surface area contributed by atoms with E-state index in [1.54, 1.807) is 11.8 Å². The second-order valence-electron chi connectivity index (χ2n) is 6.47. The van der Waals surface area contributed by atoms with Gasteiger partial charge in [0.25, 0.3) is 5.91 Å². The summed E-state index contributed by atoms with van der Waals surface area (Å²) in [7, 11) is 0. The summed E-state index contributed by atoms with van der Waals surface area (Å²) in [6.07, 6.45) is 7.00. The van der Waals surface area contributed by atoms with Crippen molar-refractivity contribution in [3.63, 3.8) is 0 Å². The second-order valence-corrected chi connectivity index (χ2v) is 7.58. The fraction of sp³-hybridized carbons (Fsp3) is 0.867. The third-order valence-electron chi connectivity index (χ3n) is 4.98. The zero-order valence-corrected chi connectivity index (χ0v) is 13.2. The van der Waals surface area contributed by atoms with Gasteiger partial charge in [-0.15, -0.1) is 0 Å². The van der Waals surface area contributed by atoms with E-state index >= 15 is 0 Å². The lowest BCUT2D eigenvalue weighted by Gasteiger charge is -2.31. The predicted octanol–water partition coefficient (Wildman–Crippen LogP) is 0.904. The van der Waals surface area contributed by atoms with E-state index in [4.69, 9.17) is 0 Å². The monoisotopic (exact) mass is 312 g/mol. The number of carbonyl (C=O) groups is 2. The first-order valence-corrected chi connectivity index (χ1v) is 9.17. The molecule has 2 heterocycles. The molecule has 3 fully saturated rings. The minimum Gasteiger partial charge on any atom is -0.379 e. The molecule has 118 valence electrons. The lowest BCUT2D eigenvalue weighted by molar-refractivity contribution is -0.141. The molecule has 2 unspecified atom stereocenters. The van der Waals surface area contributed by atoms with E-state index in [0.717, 1.165) is 25.1 Å². The molecule has 3 rings (SSSR count). The summed E-state index contributed by atoms with van der Waals surface area (Å²) in [5, 5.41) is 13.0. The Bertz CT molecular complexity index is 417. The fourth-order valence-electron chi connectivity index (χ4n) is 3.62. The Balaban J connectivity index is 1.57. The van der Waals surface area contributed by atoms with Gasteiger partial charge in [-0.2, -0.15) is 11.8 Å². The highest BCUT2D eigenvalue weighted by molar-refractivity contribution is 7.99. The van der Waals surface area contributed by atoms with Gasteiger partial charge in [-0.05, 0) is 31.4 Å². The first-order valence-electron chi connectivity index (χ1n) is 8.02. The summed E-state index contributed by atoms with van der Waals surface area (Å²) in [6, 6.07) is -0.0765. The Morgan fingerprint density at radius 1 is 1.29 bits per heavy atom. The van der Waals surface area contributed by atoms with Crippen molar-refractivity contribution in [1.29, 1.82) is 0 Å². The van der Waals surface area contributed by atoms with Crippen LogP contribution in [-0.2, 0) is 9.59 Å². The number of hydrogen-bond acceptors (Lipinski definition) is 4. The number of hydrogen-bond donors (Lipinski definition) is 2. The lowest BCUT2D eigenvalue weighted by atomic mass is 9.94. The van der Waals surface area contributed by atoms with Crippen molar-refractivity contribution < 1.29 is 14.7 Å². The van der Waals surface area contributed by atoms with Gasteiger partial charge in [0.15, 0.2) is 5.60 Å². The number of amides is 2. The summed E-state index contributed by atoms with van der Waals surface area (Å²) in [5.74, 6) is 0.920. The van der Waals surface area contributed by atoms with Crippen LogP contribution in [0.15, 0.2) is 0 Å². The number of aliphatic hydroxyl groups is 1. The minimum absolute atomic E-state index is 0.0458. The van der Waals surface area contributed by atoms with Crippen LogP contribution in [0.2, 0.25) is 0 Å². The van der Waals surface area contributed by atoms with Gasteiger partial charge in [-0.3, -0.25) is 9.59 Å². The molecule has 2 aliphatic heterocycles. The SMILES string of the molecule is O=C1C(NC(=O)C2(O)CCSC2)CCN1C1CCCCC1. The zero-order valence-electron chi connectivity index (χ0n) is 12.3. The standard InChI is InChI=1S/C15H24N2O3S/c18-13-12(16-14(19)15(20)7-9-21-10-15)6-8-17(13)11-4-2-1-3-5-11/h11-12,20H,1-10H2,(H,16,19). The van der Waals surface area contributed by atoms with E-state index < -0.39 is 11.6 Å². The maximum atomic E-state index is 12.5. The van der Waals surface area contributed by atoms with Gasteiger partial charge in [-0.25, -0.2) is 0 Å². The fourth-order valence-corrected chi connectivity index (χ4v) is 4.86. The molecule has 2 amide bonds. The van der Waals surface area contributed by atoms with Crippen LogP contribution < -0.4 is 5.32 Å². The Labute approximate surface area is 129 Å². The number of rotatable bonds is 3. The molecule has 6 heteroatoms. The van der Waals surface area contributed by atoms with Crippen molar-refractivity contribution in [1.82, 2.24) is 10.2 Å². The van der Waals surface area contributed by atoms with Gasteiger partial charge in [-0.1, -0.05) is 19.3 Å². The van der Waals surface area contributed by atoms with Crippen LogP contribution in [0, 0.1) is 0 Å². The highest BCUT2D eigenvalue weighted by Gasteiger charge is 2.43. The average Bonchev–Trinajstić information content (AvgIpc) is 3.08. The summed E-state index contributed by atoms with van der Waals surface area (Å²) >= 11 is 1.59. The molecule has 2 atom stereocenters. The third-order valence-corrected chi connectivity index (χ3v) is 6.16. The first-order chi connectivity index (χ1) is 10.1. The molecule has 5 nitrogen and oxygen atoms in total. The van der Waals surface area contributed by atoms with E-state index in [1.807, 2.05) is 4.90 Å². The van der Waals surface area contributed by atoms with Gasteiger partial charge < -0.3 is 15.3 Å². The Morgan fingerprint density at radius 3 is 2.71 bits per heavy atom. The molecule has 2 saturated heterocycles. The van der Waals surface area contributed by atoms with Crippen LogP contribution in [0.3, 0.4) is 0 Å². The van der Waals surface area contributed by atoms with Crippen molar-refractivity contribution in [3.05, 3.63) is 0 Å². The van der Waals surface area contributed by atoms with Crippen LogP contribution >= 0.6 is 11.8 Å². The van der Waals surface area contributed by atoms with Crippen molar-refractivity contribution in [3.8, 4) is 0 Å². The van der Waals surface area contributed by atoms with Crippen LogP contribution in [0.1, 0.15) is 44.9 Å². The average molecular weight is 312 g/mol. The van der Waals surface area contributed by atoms with Crippen molar-refractivity contribution in [2.75, 3.05) is 18.1 Å². The van der Waals surface area contributed by atoms with Crippen molar-refractivity contribution >= 4 is 23.6 Å². The Kier molecular flexibility index (Phi) is 4.45. The van der Waals surface area contributed by atoms with Gasteiger partial charge in [0, 0.05) is 18.3 Å². The highest BCUT2D eigenvalue weighted by atomic mass is 32.2. The molecule has 2 N–H and O–H groups in total. The maximum Gasteiger partial charge on any atom is 0.253 e. The second kappa shape index (κ2) is 6.16. The Hall–Kier alpha value is -0.750. The molecule has 0 bridgehead atoms. The molecule has 0 aromatic carbocycles. The van der Waals surface area contributed by atoms with E-state index in [-0.39, 0.29) is 11.8 Å². The van der Waals surface area contributed by atoms with Crippen molar-refractivity contribution in [2.24, 2.45) is 0 Å². The van der Waals surface area contributed by atoms with Gasteiger partial charge in [0.2, 0.25) is 5.91 Å². The molecular formula is C15H24N2O3S. The van der Waals surface area contributed by atoms with E-state index in [1.165, 1.54) is 19.3 Å². The van der Waals surface area contributed by atoms with E-state index in [0.29, 0.717) is 24.6 Å². The molecular weight excluding hydrogens is 288 g/mol. The number of thioether (sulfide) groups is 1. The Morgan fingerprint density at radius 2 is 2.05 bits per heavy atom. The molecule has 0 spiro atoms. The minimum atomic E-state index is -1.27. The number of carbonyl (C=O) groups excluding carboxylic acids is 2. The van der Waals surface area contributed by atoms with E-state index in [9.17, 15) is 14.7 Å². The molecule has 3 aliphatic rings. The van der Waals surface area contributed by atoms with Crippen molar-refractivity contribution in [2.45, 2.75) is 62.6 Å². The number of likely N-dealkylation sites (tertiary alicyclic amines) is 1. The predicted molar refractivity (Wildman–Crippen MR) is 82.0 cm³/mol. The van der Waals surface area contributed by atoms with E-state index in [2.05, 4.69) is 5.32 Å². The lowest BCUT2D eigenvalue weighted by Crippen LogP contribution is -2.53. The van der Waals surface area contributed by atoms with Crippen LogP contribution in [0.25, 0.3) is 0 Å². The van der Waals surface area contributed by atoms with Crippen LogP contribution in [0.4, 0.5) is 0 Å². The summed E-state index contributed by atoms with van der Waals surface area (Å²) < 4.78 is 0. The molecule has 1 aliphatic carbocycles. The third kappa shape index (κ3) is 3.06. The summed E-state index contributed by atoms with van der Waals surface area (Å²) in [6.45, 7) is 0.738. The molecule has 0 radical (unpaired) electrons. The summed E-state index contributed by atoms with van der Waals surface area (Å²) in [4.78, 5) is 26.6. The molecule has 0 aromatic rings. The van der Waals surface area contributed by atoms with Crippen LogP contribution in [0.5, 0.6) is 0 Å². The molecule has 1 saturated carbocycles. The molecule has 21 heavy (non-hydrogen) atoms. The molecule has 0 aromatic heterocycles. The first kappa shape index (κ1) is 15.2. The quantitative estimate of drug-likeness (QED) is 0.812. The zero-order chi connectivity index (χ0) is 14.9. The number of nitrogens with zero attached hydrogens (tertiary/aromatic N) is 1. The van der Waals surface area contributed by atoms with Gasteiger partial charge in [0.1, 0.15) is 6.04 Å². The van der Waals surface area contributed by atoms with Gasteiger partial charge in [0.05, 0.1) is 0 Å². The van der Waals surface area contributed by atoms with Gasteiger partial charge >= 0.3 is 0 Å². The van der Waals surface area contributed by atoms with Crippen LogP contribution in [-0.4, -0.2) is 57.6 Å². The number of nitrogens with one attached hydrogen (secondary N) is 1. The topological polar surface area (TPSA) is 69.6 Å². The smallest absolute Gasteiger partial charge is 0.253 e. The highest BCUT2D eigenvalue weighted by Crippen LogP contribution is 2.29. The normalized spacial score (nSPS) is 34.4. The largest absolute Gasteiger partial charge is 0.379 e. The summed E-state index contributed by atoms with van der Waals surface area (Å²) in [5.41, 5.74) is -1.27. The maximum absolute atomic E-state index is 12.5.